The van der Waals surface area contributed by atoms with E-state index in [1.165, 1.54) is 23.9 Å². The number of benzene rings is 1. The number of nitrogens with two attached hydrogens (primary N) is 2. The fraction of sp³-hybridized carbons (Fsp3) is 0.0714. The SMILES string of the molecule is Nc1nc(N)nc(CSc2n[nH]c(/C=C/c3ccc(F)cc3)n2)n1. The molecule has 8 nitrogen and oxygen atoms in total. The van der Waals surface area contributed by atoms with Gasteiger partial charge < -0.3 is 11.5 Å². The molecule has 0 radical (unpaired) electrons. The van der Waals surface area contributed by atoms with Crippen molar-refractivity contribution in [3.05, 3.63) is 47.3 Å². The Balaban J connectivity index is 1.62. The summed E-state index contributed by atoms with van der Waals surface area (Å²) in [4.78, 5) is 16.0. The van der Waals surface area contributed by atoms with Gasteiger partial charge in [0, 0.05) is 0 Å². The molecule has 2 aromatic heterocycles. The normalized spacial score (nSPS) is 11.2. The lowest BCUT2D eigenvalue weighted by Crippen LogP contribution is -2.05. The summed E-state index contributed by atoms with van der Waals surface area (Å²) in [5.74, 6) is 1.34. The molecular formula is C14H13FN8S. The van der Waals surface area contributed by atoms with E-state index in [0.29, 0.717) is 22.6 Å². The Bertz CT molecular complexity index is 841. The Kier molecular flexibility index (Phi) is 4.66. The number of nitrogens with one attached hydrogen (secondary N) is 1. The lowest BCUT2D eigenvalue weighted by Gasteiger charge is -1.99. The molecule has 0 atom stereocenters. The molecule has 0 aliphatic rings. The molecule has 0 bridgehead atoms. The Morgan fingerprint density at radius 1 is 1.00 bits per heavy atom. The number of rotatable bonds is 5. The van der Waals surface area contributed by atoms with Crippen LogP contribution in [0, 0.1) is 5.82 Å². The highest BCUT2D eigenvalue weighted by molar-refractivity contribution is 7.98. The van der Waals surface area contributed by atoms with Gasteiger partial charge in [-0.3, -0.25) is 5.10 Å². The van der Waals surface area contributed by atoms with E-state index in [9.17, 15) is 4.39 Å². The topological polar surface area (TPSA) is 132 Å². The maximum atomic E-state index is 12.8. The van der Waals surface area contributed by atoms with Crippen molar-refractivity contribution >= 4 is 35.8 Å². The summed E-state index contributed by atoms with van der Waals surface area (Å²) >= 11 is 1.33. The van der Waals surface area contributed by atoms with Crippen LogP contribution in [0.4, 0.5) is 16.3 Å². The van der Waals surface area contributed by atoms with E-state index >= 15 is 0 Å². The fourth-order valence-electron chi connectivity index (χ4n) is 1.80. The molecule has 24 heavy (non-hydrogen) atoms. The molecule has 0 saturated heterocycles. The number of H-pyrrole nitrogens is 1. The van der Waals surface area contributed by atoms with Crippen LogP contribution in [-0.4, -0.2) is 30.1 Å². The van der Waals surface area contributed by atoms with Crippen LogP contribution >= 0.6 is 11.8 Å². The first-order valence-corrected chi connectivity index (χ1v) is 7.82. The summed E-state index contributed by atoms with van der Waals surface area (Å²) in [5, 5.41) is 7.42. The first-order valence-electron chi connectivity index (χ1n) is 6.83. The first-order chi connectivity index (χ1) is 11.6. The minimum absolute atomic E-state index is 0.0796. The summed E-state index contributed by atoms with van der Waals surface area (Å²) in [7, 11) is 0. The molecule has 122 valence electrons. The number of thioether (sulfide) groups is 1. The number of aromatic nitrogens is 6. The zero-order chi connectivity index (χ0) is 16.9. The molecule has 0 spiro atoms. The maximum Gasteiger partial charge on any atom is 0.225 e. The maximum absolute atomic E-state index is 12.8. The standard InChI is InChI=1S/C14H13FN8S/c15-9-4-1-8(2-5-9)3-6-10-20-14(23-22-10)24-7-11-18-12(16)21-13(17)19-11/h1-6H,7H2,(H,20,22,23)(H4,16,17,18,19,21)/b6-3+. The van der Waals surface area contributed by atoms with Crippen molar-refractivity contribution in [1.29, 1.82) is 0 Å². The minimum Gasteiger partial charge on any atom is -0.368 e. The third kappa shape index (κ3) is 4.26. The quantitative estimate of drug-likeness (QED) is 0.596. The summed E-state index contributed by atoms with van der Waals surface area (Å²) < 4.78 is 12.8. The molecule has 0 saturated carbocycles. The van der Waals surface area contributed by atoms with Gasteiger partial charge in [0.15, 0.2) is 0 Å². The van der Waals surface area contributed by atoms with Gasteiger partial charge in [-0.1, -0.05) is 30.0 Å². The summed E-state index contributed by atoms with van der Waals surface area (Å²) in [6, 6.07) is 6.14. The lowest BCUT2D eigenvalue weighted by atomic mass is 10.2. The fourth-order valence-corrected chi connectivity index (χ4v) is 2.46. The summed E-state index contributed by atoms with van der Waals surface area (Å²) in [5.41, 5.74) is 11.9. The predicted molar refractivity (Wildman–Crippen MR) is 89.9 cm³/mol. The van der Waals surface area contributed by atoms with E-state index in [2.05, 4.69) is 30.1 Å². The van der Waals surface area contributed by atoms with Crippen LogP contribution in [-0.2, 0) is 5.75 Å². The number of anilines is 2. The zero-order valence-corrected chi connectivity index (χ0v) is 13.2. The van der Waals surface area contributed by atoms with Gasteiger partial charge in [-0.25, -0.2) is 9.37 Å². The van der Waals surface area contributed by atoms with Crippen LogP contribution in [0.25, 0.3) is 12.2 Å². The molecule has 3 rings (SSSR count). The van der Waals surface area contributed by atoms with Crippen LogP contribution < -0.4 is 11.5 Å². The molecule has 0 aliphatic heterocycles. The second kappa shape index (κ2) is 7.04. The molecule has 5 N–H and O–H groups in total. The molecule has 0 fully saturated rings. The van der Waals surface area contributed by atoms with E-state index in [1.807, 2.05) is 6.08 Å². The van der Waals surface area contributed by atoms with Crippen molar-refractivity contribution in [3.63, 3.8) is 0 Å². The highest BCUT2D eigenvalue weighted by atomic mass is 32.2. The third-order valence-corrected chi connectivity index (χ3v) is 3.68. The van der Waals surface area contributed by atoms with Gasteiger partial charge in [0.05, 0.1) is 5.75 Å². The smallest absolute Gasteiger partial charge is 0.225 e. The van der Waals surface area contributed by atoms with Gasteiger partial charge in [-0.05, 0) is 23.8 Å². The predicted octanol–water partition coefficient (Wildman–Crippen LogP) is 1.76. The summed E-state index contributed by atoms with van der Waals surface area (Å²) in [6.45, 7) is 0. The Hall–Kier alpha value is -3.01. The molecule has 10 heteroatoms. The average Bonchev–Trinajstić information content (AvgIpc) is 2.99. The highest BCUT2D eigenvalue weighted by Crippen LogP contribution is 2.18. The Morgan fingerprint density at radius 3 is 2.42 bits per heavy atom. The Labute approximate surface area is 140 Å². The number of aromatic amines is 1. The van der Waals surface area contributed by atoms with Crippen LogP contribution in [0.15, 0.2) is 29.4 Å². The molecule has 1 aromatic carbocycles. The third-order valence-electron chi connectivity index (χ3n) is 2.83. The molecule has 2 heterocycles. The van der Waals surface area contributed by atoms with E-state index < -0.39 is 0 Å². The second-order valence-corrected chi connectivity index (χ2v) is 5.59. The van der Waals surface area contributed by atoms with E-state index in [1.54, 1.807) is 18.2 Å². The van der Waals surface area contributed by atoms with Crippen molar-refractivity contribution in [2.45, 2.75) is 10.9 Å². The van der Waals surface area contributed by atoms with Crippen molar-refractivity contribution in [1.82, 2.24) is 30.1 Å². The van der Waals surface area contributed by atoms with Crippen LogP contribution in [0.5, 0.6) is 0 Å². The number of hydrogen-bond donors (Lipinski definition) is 3. The van der Waals surface area contributed by atoms with E-state index in [4.69, 9.17) is 11.5 Å². The molecule has 0 aliphatic carbocycles. The summed E-state index contributed by atoms with van der Waals surface area (Å²) in [6.07, 6.45) is 3.56. The van der Waals surface area contributed by atoms with Crippen LogP contribution in [0.3, 0.4) is 0 Å². The number of halogens is 1. The second-order valence-electron chi connectivity index (χ2n) is 4.64. The van der Waals surface area contributed by atoms with Gasteiger partial charge >= 0.3 is 0 Å². The monoisotopic (exact) mass is 344 g/mol. The number of nitrogens with zero attached hydrogens (tertiary/aromatic N) is 5. The number of hydrogen-bond acceptors (Lipinski definition) is 8. The molecule has 3 aromatic rings. The zero-order valence-electron chi connectivity index (χ0n) is 12.3. The van der Waals surface area contributed by atoms with Crippen molar-refractivity contribution in [3.8, 4) is 0 Å². The van der Waals surface area contributed by atoms with Gasteiger partial charge in [0.2, 0.25) is 17.1 Å². The largest absolute Gasteiger partial charge is 0.368 e. The van der Waals surface area contributed by atoms with Gasteiger partial charge in [0.25, 0.3) is 0 Å². The lowest BCUT2D eigenvalue weighted by molar-refractivity contribution is 0.628. The minimum atomic E-state index is -0.273. The molecule has 0 unspecified atom stereocenters. The van der Waals surface area contributed by atoms with Crippen LogP contribution in [0.1, 0.15) is 17.2 Å². The first kappa shape index (κ1) is 15.9. The van der Waals surface area contributed by atoms with Crippen molar-refractivity contribution in [2.75, 3.05) is 11.5 Å². The van der Waals surface area contributed by atoms with Gasteiger partial charge in [0.1, 0.15) is 17.5 Å². The van der Waals surface area contributed by atoms with Gasteiger partial charge in [-0.15, -0.1) is 5.10 Å². The van der Waals surface area contributed by atoms with E-state index in [0.717, 1.165) is 5.56 Å². The van der Waals surface area contributed by atoms with Gasteiger partial charge in [-0.2, -0.15) is 15.0 Å². The van der Waals surface area contributed by atoms with E-state index in [-0.39, 0.29) is 17.7 Å². The molecule has 0 amide bonds. The number of nitrogen functional groups attached to an aromatic ring is 2. The van der Waals surface area contributed by atoms with Crippen LogP contribution in [0.2, 0.25) is 0 Å². The molecular weight excluding hydrogens is 331 g/mol. The Morgan fingerprint density at radius 2 is 1.71 bits per heavy atom. The van der Waals surface area contributed by atoms with Crippen molar-refractivity contribution in [2.24, 2.45) is 0 Å². The average molecular weight is 344 g/mol. The van der Waals surface area contributed by atoms with Crippen molar-refractivity contribution < 1.29 is 4.39 Å². The highest BCUT2D eigenvalue weighted by Gasteiger charge is 2.06.